The van der Waals surface area contributed by atoms with Gasteiger partial charge in [0.25, 0.3) is 0 Å². The number of hydrogen-bond donors (Lipinski definition) is 1. The fourth-order valence-corrected chi connectivity index (χ4v) is 0.958. The summed E-state index contributed by atoms with van der Waals surface area (Å²) < 4.78 is 19.2. The zero-order chi connectivity index (χ0) is 8.04. The molecule has 11 heavy (non-hydrogen) atoms. The van der Waals surface area contributed by atoms with E-state index in [1.165, 1.54) is 0 Å². The molecule has 1 unspecified atom stereocenters. The van der Waals surface area contributed by atoms with Crippen LogP contribution in [0.4, 0.5) is 0 Å². The minimum Gasteiger partial charge on any atom is -0.302 e. The molecule has 0 aliphatic rings. The standard InChI is InChI=1S/C5H9O4P.ClH/c1-3-5-9-10(6,7)8-4-2;/h1H,4-5H2,2H3,(H,6,7);1H. The van der Waals surface area contributed by atoms with Crippen LogP contribution in [0.3, 0.4) is 0 Å². The fourth-order valence-electron chi connectivity index (χ4n) is 0.319. The van der Waals surface area contributed by atoms with E-state index in [0.29, 0.717) is 0 Å². The molecule has 0 amide bonds. The second kappa shape index (κ2) is 6.66. The highest BCUT2D eigenvalue weighted by Gasteiger charge is 2.18. The molecule has 0 radical (unpaired) electrons. The Morgan fingerprint density at radius 1 is 1.64 bits per heavy atom. The first-order valence-corrected chi connectivity index (χ1v) is 4.17. The SMILES string of the molecule is C#CCOP(=O)(O)OCC.Cl. The zero-order valence-electron chi connectivity index (χ0n) is 6.02. The van der Waals surface area contributed by atoms with Gasteiger partial charge in [-0.25, -0.2) is 4.57 Å². The van der Waals surface area contributed by atoms with E-state index >= 15 is 0 Å². The van der Waals surface area contributed by atoms with Crippen molar-refractivity contribution in [3.05, 3.63) is 0 Å². The molecule has 0 spiro atoms. The Labute approximate surface area is 71.9 Å². The third-order valence-corrected chi connectivity index (χ3v) is 1.64. The molecule has 0 aliphatic carbocycles. The van der Waals surface area contributed by atoms with Crippen LogP contribution in [0.5, 0.6) is 0 Å². The fraction of sp³-hybridized carbons (Fsp3) is 0.600. The number of rotatable bonds is 4. The van der Waals surface area contributed by atoms with Crippen LogP contribution in [0.15, 0.2) is 0 Å². The Morgan fingerprint density at radius 2 is 2.18 bits per heavy atom. The maximum absolute atomic E-state index is 10.6. The minimum atomic E-state index is -3.85. The van der Waals surface area contributed by atoms with E-state index in [4.69, 9.17) is 11.3 Å². The van der Waals surface area contributed by atoms with Gasteiger partial charge in [-0.2, -0.15) is 0 Å². The third kappa shape index (κ3) is 7.86. The van der Waals surface area contributed by atoms with Gasteiger partial charge in [-0.1, -0.05) is 5.92 Å². The lowest BCUT2D eigenvalue weighted by Gasteiger charge is -2.07. The molecule has 0 saturated carbocycles. The van der Waals surface area contributed by atoms with Gasteiger partial charge in [-0.05, 0) is 6.92 Å². The van der Waals surface area contributed by atoms with Crippen LogP contribution < -0.4 is 0 Å². The van der Waals surface area contributed by atoms with Crippen LogP contribution in [0, 0.1) is 12.3 Å². The van der Waals surface area contributed by atoms with E-state index < -0.39 is 7.82 Å². The highest BCUT2D eigenvalue weighted by atomic mass is 35.5. The summed E-state index contributed by atoms with van der Waals surface area (Å²) in [6.45, 7) is 1.49. The van der Waals surface area contributed by atoms with Crippen molar-refractivity contribution in [2.24, 2.45) is 0 Å². The van der Waals surface area contributed by atoms with Gasteiger partial charge in [-0.3, -0.25) is 9.05 Å². The predicted octanol–water partition coefficient (Wildman–Crippen LogP) is 1.19. The average molecular weight is 201 g/mol. The van der Waals surface area contributed by atoms with Crippen molar-refractivity contribution in [2.45, 2.75) is 6.92 Å². The van der Waals surface area contributed by atoms with E-state index in [0.717, 1.165) is 0 Å². The number of halogens is 1. The second-order valence-electron chi connectivity index (χ2n) is 1.36. The maximum Gasteiger partial charge on any atom is 0.473 e. The summed E-state index contributed by atoms with van der Waals surface area (Å²) in [7, 11) is -3.85. The Bertz CT molecular complexity index is 176. The molecular weight excluding hydrogens is 190 g/mol. The van der Waals surface area contributed by atoms with E-state index in [-0.39, 0.29) is 25.6 Å². The van der Waals surface area contributed by atoms with Crippen LogP contribution in [0.1, 0.15) is 6.92 Å². The summed E-state index contributed by atoms with van der Waals surface area (Å²) in [5.74, 6) is 2.05. The molecule has 66 valence electrons. The number of phosphoric acid groups is 1. The Balaban J connectivity index is 0. The van der Waals surface area contributed by atoms with E-state index in [2.05, 4.69) is 9.05 Å². The van der Waals surface area contributed by atoms with Gasteiger partial charge in [0.15, 0.2) is 0 Å². The van der Waals surface area contributed by atoms with Crippen LogP contribution in [0.25, 0.3) is 0 Å². The molecule has 6 heteroatoms. The first kappa shape index (κ1) is 13.5. The molecule has 1 N–H and O–H groups in total. The smallest absolute Gasteiger partial charge is 0.302 e. The lowest BCUT2D eigenvalue weighted by molar-refractivity contribution is 0.169. The Hall–Kier alpha value is -0.0400. The molecular formula is C5H10ClO4P. The molecule has 0 aromatic rings. The van der Waals surface area contributed by atoms with Gasteiger partial charge in [0.05, 0.1) is 6.61 Å². The maximum atomic E-state index is 10.6. The third-order valence-electron chi connectivity index (χ3n) is 0.603. The van der Waals surface area contributed by atoms with Crippen molar-refractivity contribution in [3.8, 4) is 12.3 Å². The normalized spacial score (nSPS) is 14.3. The van der Waals surface area contributed by atoms with E-state index in [1.807, 2.05) is 5.92 Å². The Kier molecular flexibility index (Phi) is 8.20. The number of hydrogen-bond acceptors (Lipinski definition) is 3. The largest absolute Gasteiger partial charge is 0.473 e. The van der Waals surface area contributed by atoms with Crippen LogP contribution >= 0.6 is 20.2 Å². The van der Waals surface area contributed by atoms with Gasteiger partial charge in [0.1, 0.15) is 6.61 Å². The van der Waals surface area contributed by atoms with Crippen LogP contribution in [-0.2, 0) is 13.6 Å². The van der Waals surface area contributed by atoms with Crippen molar-refractivity contribution in [1.29, 1.82) is 0 Å². The van der Waals surface area contributed by atoms with Crippen molar-refractivity contribution in [3.63, 3.8) is 0 Å². The van der Waals surface area contributed by atoms with E-state index in [1.54, 1.807) is 6.92 Å². The van der Waals surface area contributed by atoms with Crippen LogP contribution in [0.2, 0.25) is 0 Å². The molecule has 4 nitrogen and oxygen atoms in total. The van der Waals surface area contributed by atoms with Crippen molar-refractivity contribution >= 4 is 20.2 Å². The zero-order valence-corrected chi connectivity index (χ0v) is 7.73. The summed E-state index contributed by atoms with van der Waals surface area (Å²) in [6.07, 6.45) is 4.77. The number of phosphoric ester groups is 1. The molecule has 0 saturated heterocycles. The summed E-state index contributed by atoms with van der Waals surface area (Å²) in [6, 6.07) is 0. The van der Waals surface area contributed by atoms with Gasteiger partial charge in [0.2, 0.25) is 0 Å². The van der Waals surface area contributed by atoms with Gasteiger partial charge in [-0.15, -0.1) is 18.8 Å². The molecule has 0 heterocycles. The second-order valence-corrected chi connectivity index (χ2v) is 2.82. The first-order chi connectivity index (χ1) is 4.62. The van der Waals surface area contributed by atoms with Gasteiger partial charge >= 0.3 is 7.82 Å². The lowest BCUT2D eigenvalue weighted by atomic mass is 10.8. The average Bonchev–Trinajstić information content (AvgIpc) is 1.84. The van der Waals surface area contributed by atoms with Crippen LogP contribution in [-0.4, -0.2) is 18.1 Å². The predicted molar refractivity (Wildman–Crippen MR) is 43.5 cm³/mol. The lowest BCUT2D eigenvalue weighted by Crippen LogP contribution is -1.94. The minimum absolute atomic E-state index is 0. The summed E-state index contributed by atoms with van der Waals surface area (Å²) in [5.41, 5.74) is 0. The topological polar surface area (TPSA) is 55.8 Å². The van der Waals surface area contributed by atoms with E-state index in [9.17, 15) is 4.57 Å². The highest BCUT2D eigenvalue weighted by Crippen LogP contribution is 2.42. The van der Waals surface area contributed by atoms with Gasteiger partial charge < -0.3 is 4.89 Å². The molecule has 1 atom stereocenters. The molecule has 0 fully saturated rings. The molecule has 0 aliphatic heterocycles. The summed E-state index contributed by atoms with van der Waals surface area (Å²) in [5, 5.41) is 0. The molecule has 0 aromatic carbocycles. The molecule has 0 bridgehead atoms. The summed E-state index contributed by atoms with van der Waals surface area (Å²) >= 11 is 0. The quantitative estimate of drug-likeness (QED) is 0.547. The molecule has 0 rings (SSSR count). The van der Waals surface area contributed by atoms with Crippen molar-refractivity contribution < 1.29 is 18.5 Å². The number of terminal acetylenes is 1. The first-order valence-electron chi connectivity index (χ1n) is 2.67. The van der Waals surface area contributed by atoms with Gasteiger partial charge in [0, 0.05) is 0 Å². The monoisotopic (exact) mass is 200 g/mol. The highest BCUT2D eigenvalue weighted by molar-refractivity contribution is 7.47. The molecule has 0 aromatic heterocycles. The Morgan fingerprint density at radius 3 is 2.55 bits per heavy atom. The van der Waals surface area contributed by atoms with Crippen molar-refractivity contribution in [2.75, 3.05) is 13.2 Å². The van der Waals surface area contributed by atoms with Crippen molar-refractivity contribution in [1.82, 2.24) is 0 Å². The summed E-state index contributed by atoms with van der Waals surface area (Å²) in [4.78, 5) is 8.66.